The first kappa shape index (κ1) is 11.5. The number of thiophene rings is 1. The number of hydrogen-bond donors (Lipinski definition) is 1. The summed E-state index contributed by atoms with van der Waals surface area (Å²) < 4.78 is 0. The number of nitrogen functional groups attached to an aromatic ring is 1. The van der Waals surface area contributed by atoms with Gasteiger partial charge in [0.1, 0.15) is 0 Å². The number of anilines is 1. The molecule has 2 heterocycles. The molecule has 76 valence electrons. The molecule has 0 amide bonds. The van der Waals surface area contributed by atoms with E-state index in [9.17, 15) is 0 Å². The van der Waals surface area contributed by atoms with Crippen LogP contribution in [-0.2, 0) is 6.42 Å². The van der Waals surface area contributed by atoms with Gasteiger partial charge in [-0.15, -0.1) is 35.1 Å². The largest absolute Gasteiger partial charge is 0.375 e. The molecule has 0 aromatic carbocycles. The molecule has 0 unspecified atom stereocenters. The van der Waals surface area contributed by atoms with Crippen molar-refractivity contribution in [3.05, 3.63) is 22.4 Å². The van der Waals surface area contributed by atoms with Gasteiger partial charge in [0.05, 0.1) is 10.6 Å². The fourth-order valence-corrected chi connectivity index (χ4v) is 2.81. The molecule has 2 aromatic heterocycles. The molecule has 2 rings (SSSR count). The Morgan fingerprint density at radius 2 is 2.29 bits per heavy atom. The fraction of sp³-hybridized carbons (Fsp3) is 0.222. The molecule has 0 saturated heterocycles. The third-order valence-corrected chi connectivity index (χ3v) is 3.70. The number of aryl methyl sites for hydroxylation is 1. The van der Waals surface area contributed by atoms with Crippen molar-refractivity contribution in [2.45, 2.75) is 13.3 Å². The van der Waals surface area contributed by atoms with E-state index in [1.54, 1.807) is 22.7 Å². The van der Waals surface area contributed by atoms with E-state index >= 15 is 0 Å². The third-order valence-electron chi connectivity index (χ3n) is 1.79. The number of rotatable bonds is 2. The van der Waals surface area contributed by atoms with Crippen molar-refractivity contribution in [1.82, 2.24) is 4.98 Å². The van der Waals surface area contributed by atoms with Gasteiger partial charge in [-0.1, -0.05) is 13.0 Å². The van der Waals surface area contributed by atoms with Crippen molar-refractivity contribution in [2.24, 2.45) is 0 Å². The molecule has 0 saturated carbocycles. The summed E-state index contributed by atoms with van der Waals surface area (Å²) in [5.74, 6) is 0. The second-order valence-corrected chi connectivity index (χ2v) is 4.72. The quantitative estimate of drug-likeness (QED) is 0.882. The van der Waals surface area contributed by atoms with Crippen LogP contribution in [-0.4, -0.2) is 4.98 Å². The number of nitrogens with two attached hydrogens (primary N) is 1. The molecule has 14 heavy (non-hydrogen) atoms. The molecular weight excluding hydrogens is 236 g/mol. The highest BCUT2D eigenvalue weighted by molar-refractivity contribution is 7.17. The Kier molecular flexibility index (Phi) is 3.92. The van der Waals surface area contributed by atoms with Crippen molar-refractivity contribution in [3.8, 4) is 10.6 Å². The molecule has 2 nitrogen and oxygen atoms in total. The predicted molar refractivity (Wildman–Crippen MR) is 66.5 cm³/mol. The zero-order chi connectivity index (χ0) is 9.26. The van der Waals surface area contributed by atoms with Gasteiger partial charge in [0.2, 0.25) is 0 Å². The summed E-state index contributed by atoms with van der Waals surface area (Å²) in [5.41, 5.74) is 6.74. The second-order valence-electron chi connectivity index (χ2n) is 2.65. The fourth-order valence-electron chi connectivity index (χ4n) is 1.22. The SMILES string of the molecule is CCc1sc(N)nc1-c1cccs1.Cl. The zero-order valence-corrected chi connectivity index (χ0v) is 10.1. The topological polar surface area (TPSA) is 38.9 Å². The molecule has 0 fully saturated rings. The van der Waals surface area contributed by atoms with Gasteiger partial charge in [0, 0.05) is 4.88 Å². The Hall–Kier alpha value is -0.580. The Morgan fingerprint density at radius 3 is 2.86 bits per heavy atom. The van der Waals surface area contributed by atoms with Crippen LogP contribution in [0.2, 0.25) is 0 Å². The standard InChI is InChI=1S/C9H10N2S2.ClH/c1-2-6-8(11-9(10)13-6)7-4-3-5-12-7;/h3-5H,2H2,1H3,(H2,10,11);1H. The molecule has 2 N–H and O–H groups in total. The third kappa shape index (κ3) is 2.08. The number of nitrogens with zero attached hydrogens (tertiary/aromatic N) is 1. The van der Waals surface area contributed by atoms with Gasteiger partial charge in [-0.3, -0.25) is 0 Å². The number of halogens is 1. The summed E-state index contributed by atoms with van der Waals surface area (Å²) in [6.07, 6.45) is 1.00. The highest BCUT2D eigenvalue weighted by atomic mass is 35.5. The van der Waals surface area contributed by atoms with E-state index in [2.05, 4.69) is 23.4 Å². The summed E-state index contributed by atoms with van der Waals surface area (Å²) >= 11 is 3.29. The van der Waals surface area contributed by atoms with E-state index in [1.807, 2.05) is 6.07 Å². The summed E-state index contributed by atoms with van der Waals surface area (Å²) in [5, 5.41) is 2.73. The van der Waals surface area contributed by atoms with Crippen molar-refractivity contribution < 1.29 is 0 Å². The van der Waals surface area contributed by atoms with Crippen LogP contribution in [0.3, 0.4) is 0 Å². The summed E-state index contributed by atoms with van der Waals surface area (Å²) in [6, 6.07) is 4.12. The Balaban J connectivity index is 0.000000980. The van der Waals surface area contributed by atoms with Crippen LogP contribution < -0.4 is 5.73 Å². The van der Waals surface area contributed by atoms with Crippen LogP contribution in [0, 0.1) is 0 Å². The van der Waals surface area contributed by atoms with Crippen molar-refractivity contribution in [1.29, 1.82) is 0 Å². The van der Waals surface area contributed by atoms with Crippen LogP contribution in [0.4, 0.5) is 5.13 Å². The average Bonchev–Trinajstić information content (AvgIpc) is 2.71. The van der Waals surface area contributed by atoms with E-state index in [0.717, 1.165) is 12.1 Å². The minimum absolute atomic E-state index is 0. The lowest BCUT2D eigenvalue weighted by Gasteiger charge is -1.93. The van der Waals surface area contributed by atoms with Crippen molar-refractivity contribution >= 4 is 40.2 Å². The number of hydrogen-bond acceptors (Lipinski definition) is 4. The maximum atomic E-state index is 5.67. The Labute approximate surface area is 97.2 Å². The lowest BCUT2D eigenvalue weighted by molar-refractivity contribution is 1.17. The normalized spacial score (nSPS) is 9.79. The minimum atomic E-state index is 0. The minimum Gasteiger partial charge on any atom is -0.375 e. The molecule has 0 aliphatic carbocycles. The first-order valence-corrected chi connectivity index (χ1v) is 5.80. The maximum absolute atomic E-state index is 5.67. The van der Waals surface area contributed by atoms with Gasteiger partial charge in [-0.05, 0) is 17.9 Å². The van der Waals surface area contributed by atoms with Gasteiger partial charge in [0.15, 0.2) is 5.13 Å². The summed E-state index contributed by atoms with van der Waals surface area (Å²) in [7, 11) is 0. The number of thiazole rings is 1. The smallest absolute Gasteiger partial charge is 0.180 e. The van der Waals surface area contributed by atoms with Crippen LogP contribution in [0.5, 0.6) is 0 Å². The zero-order valence-electron chi connectivity index (χ0n) is 7.69. The van der Waals surface area contributed by atoms with Crippen molar-refractivity contribution in [3.63, 3.8) is 0 Å². The lowest BCUT2D eigenvalue weighted by Crippen LogP contribution is -1.82. The highest BCUT2D eigenvalue weighted by Crippen LogP contribution is 2.32. The molecule has 0 aliphatic rings. The van der Waals surface area contributed by atoms with E-state index in [4.69, 9.17) is 5.73 Å². The van der Waals surface area contributed by atoms with Crippen LogP contribution in [0.1, 0.15) is 11.8 Å². The molecule has 5 heteroatoms. The van der Waals surface area contributed by atoms with Gasteiger partial charge in [-0.2, -0.15) is 0 Å². The van der Waals surface area contributed by atoms with Crippen molar-refractivity contribution in [2.75, 3.05) is 5.73 Å². The van der Waals surface area contributed by atoms with Gasteiger partial charge in [0.25, 0.3) is 0 Å². The van der Waals surface area contributed by atoms with E-state index in [0.29, 0.717) is 5.13 Å². The predicted octanol–water partition coefficient (Wildman–Crippen LogP) is 3.44. The van der Waals surface area contributed by atoms with E-state index in [1.165, 1.54) is 9.75 Å². The molecule has 0 bridgehead atoms. The van der Waals surface area contributed by atoms with Crippen LogP contribution in [0.15, 0.2) is 17.5 Å². The summed E-state index contributed by atoms with van der Waals surface area (Å²) in [6.45, 7) is 2.13. The first-order valence-electron chi connectivity index (χ1n) is 4.10. The molecule has 0 spiro atoms. The van der Waals surface area contributed by atoms with Crippen LogP contribution >= 0.6 is 35.1 Å². The maximum Gasteiger partial charge on any atom is 0.180 e. The van der Waals surface area contributed by atoms with Crippen LogP contribution in [0.25, 0.3) is 10.6 Å². The first-order chi connectivity index (χ1) is 6.31. The van der Waals surface area contributed by atoms with Gasteiger partial charge < -0.3 is 5.73 Å². The molecule has 0 aliphatic heterocycles. The monoisotopic (exact) mass is 246 g/mol. The molecule has 0 radical (unpaired) electrons. The lowest BCUT2D eigenvalue weighted by atomic mass is 10.3. The van der Waals surface area contributed by atoms with Gasteiger partial charge >= 0.3 is 0 Å². The summed E-state index contributed by atoms with van der Waals surface area (Å²) in [4.78, 5) is 6.82. The molecule has 0 atom stereocenters. The molecular formula is C9H11ClN2S2. The van der Waals surface area contributed by atoms with E-state index in [-0.39, 0.29) is 12.4 Å². The Bertz CT molecular complexity index is 395. The Morgan fingerprint density at radius 1 is 1.50 bits per heavy atom. The molecule has 2 aromatic rings. The van der Waals surface area contributed by atoms with Gasteiger partial charge in [-0.25, -0.2) is 4.98 Å². The highest BCUT2D eigenvalue weighted by Gasteiger charge is 2.10. The number of aromatic nitrogens is 1. The second kappa shape index (κ2) is 4.77. The average molecular weight is 247 g/mol. The van der Waals surface area contributed by atoms with E-state index < -0.39 is 0 Å².